The molecular formula is C34H46N2O5. The molecule has 41 heavy (non-hydrogen) atoms. The zero-order valence-electron chi connectivity index (χ0n) is 24.4. The Morgan fingerprint density at radius 1 is 1.00 bits per heavy atom. The lowest BCUT2D eigenvalue weighted by atomic mass is 9.87. The van der Waals surface area contributed by atoms with Gasteiger partial charge in [0.25, 0.3) is 0 Å². The highest BCUT2D eigenvalue weighted by Crippen LogP contribution is 2.29. The van der Waals surface area contributed by atoms with Crippen LogP contribution in [0.5, 0.6) is 5.75 Å². The van der Waals surface area contributed by atoms with Gasteiger partial charge in [0.2, 0.25) is 0 Å². The van der Waals surface area contributed by atoms with E-state index in [-0.39, 0.29) is 30.5 Å². The number of ether oxygens (including phenoxy) is 3. The second-order valence-corrected chi connectivity index (χ2v) is 10.9. The minimum atomic E-state index is -0.421. The topological polar surface area (TPSA) is 114 Å². The lowest BCUT2D eigenvalue weighted by molar-refractivity contribution is -0.141. The molecular weight excluding hydrogens is 516 g/mol. The molecule has 1 saturated carbocycles. The van der Waals surface area contributed by atoms with E-state index in [1.807, 2.05) is 30.3 Å². The number of benzene rings is 2. The van der Waals surface area contributed by atoms with Crippen LogP contribution in [0, 0.1) is 5.92 Å². The van der Waals surface area contributed by atoms with E-state index in [0.717, 1.165) is 81.9 Å². The van der Waals surface area contributed by atoms with Gasteiger partial charge in [-0.1, -0.05) is 38.0 Å². The Labute approximate surface area is 244 Å². The van der Waals surface area contributed by atoms with Crippen LogP contribution in [0.4, 0.5) is 11.4 Å². The Morgan fingerprint density at radius 3 is 2.37 bits per heavy atom. The van der Waals surface area contributed by atoms with E-state index in [1.54, 1.807) is 24.3 Å². The highest BCUT2D eigenvalue weighted by atomic mass is 16.5. The van der Waals surface area contributed by atoms with Gasteiger partial charge in [-0.05, 0) is 98.9 Å². The maximum absolute atomic E-state index is 12.7. The van der Waals surface area contributed by atoms with Crippen LogP contribution >= 0.6 is 0 Å². The van der Waals surface area contributed by atoms with Crippen molar-refractivity contribution in [2.45, 2.75) is 83.2 Å². The number of carbonyl (C=O) groups excluding carboxylic acids is 2. The van der Waals surface area contributed by atoms with Crippen LogP contribution in [0.3, 0.4) is 0 Å². The molecule has 0 amide bonds. The van der Waals surface area contributed by atoms with Crippen molar-refractivity contribution < 1.29 is 23.8 Å². The first-order valence-electron chi connectivity index (χ1n) is 14.9. The van der Waals surface area contributed by atoms with Gasteiger partial charge in [0.05, 0.1) is 18.6 Å². The third-order valence-corrected chi connectivity index (χ3v) is 7.48. The highest BCUT2D eigenvalue weighted by molar-refractivity contribution is 5.87. The van der Waals surface area contributed by atoms with Crippen molar-refractivity contribution in [1.82, 2.24) is 0 Å². The van der Waals surface area contributed by atoms with Crippen LogP contribution in [0.15, 0.2) is 61.2 Å². The van der Waals surface area contributed by atoms with Gasteiger partial charge in [0, 0.05) is 30.0 Å². The van der Waals surface area contributed by atoms with Crippen molar-refractivity contribution in [2.75, 3.05) is 24.7 Å². The predicted octanol–water partition coefficient (Wildman–Crippen LogP) is 7.22. The summed E-state index contributed by atoms with van der Waals surface area (Å²) in [5, 5.41) is 0. The number of allylic oxidation sites excluding steroid dienone is 1. The maximum atomic E-state index is 12.7. The first-order valence-corrected chi connectivity index (χ1v) is 14.9. The van der Waals surface area contributed by atoms with E-state index in [9.17, 15) is 9.59 Å². The average Bonchev–Trinajstić information content (AvgIpc) is 2.96. The Morgan fingerprint density at radius 2 is 1.71 bits per heavy atom. The molecule has 0 heterocycles. The van der Waals surface area contributed by atoms with Gasteiger partial charge >= 0.3 is 11.9 Å². The molecule has 1 fully saturated rings. The highest BCUT2D eigenvalue weighted by Gasteiger charge is 2.28. The molecule has 7 heteroatoms. The molecule has 0 spiro atoms. The van der Waals surface area contributed by atoms with Crippen molar-refractivity contribution in [3.05, 3.63) is 72.3 Å². The Kier molecular flexibility index (Phi) is 13.5. The van der Waals surface area contributed by atoms with Crippen LogP contribution < -0.4 is 16.2 Å². The largest absolute Gasteiger partial charge is 0.462 e. The van der Waals surface area contributed by atoms with Crippen molar-refractivity contribution in [2.24, 2.45) is 5.92 Å². The molecule has 2 aromatic rings. The maximum Gasteiger partial charge on any atom is 0.330 e. The number of hydrogen-bond donors (Lipinski definition) is 2. The molecule has 222 valence electrons. The summed E-state index contributed by atoms with van der Waals surface area (Å²) in [6.45, 7) is 6.89. The summed E-state index contributed by atoms with van der Waals surface area (Å²) in [5.41, 5.74) is 14.9. The van der Waals surface area contributed by atoms with E-state index in [2.05, 4.69) is 13.5 Å². The molecule has 1 aliphatic rings. The van der Waals surface area contributed by atoms with Crippen LogP contribution in [-0.2, 0) is 19.1 Å². The van der Waals surface area contributed by atoms with E-state index in [0.29, 0.717) is 17.1 Å². The van der Waals surface area contributed by atoms with Gasteiger partial charge in [-0.3, -0.25) is 4.79 Å². The molecule has 1 unspecified atom stereocenters. The third kappa shape index (κ3) is 11.4. The molecule has 7 nitrogen and oxygen atoms in total. The molecule has 0 bridgehead atoms. The van der Waals surface area contributed by atoms with Crippen molar-refractivity contribution in [3.8, 4) is 5.75 Å². The molecule has 0 aromatic heterocycles. The predicted molar refractivity (Wildman–Crippen MR) is 165 cm³/mol. The van der Waals surface area contributed by atoms with Crippen LogP contribution in [-0.4, -0.2) is 31.3 Å². The second kappa shape index (κ2) is 17.3. The average molecular weight is 563 g/mol. The van der Waals surface area contributed by atoms with E-state index >= 15 is 0 Å². The number of hydrogen-bond acceptors (Lipinski definition) is 7. The number of esters is 2. The summed E-state index contributed by atoms with van der Waals surface area (Å²) >= 11 is 0. The van der Waals surface area contributed by atoms with Gasteiger partial charge in [0.15, 0.2) is 0 Å². The van der Waals surface area contributed by atoms with Gasteiger partial charge in [0.1, 0.15) is 5.75 Å². The van der Waals surface area contributed by atoms with E-state index in [4.69, 9.17) is 25.7 Å². The smallest absolute Gasteiger partial charge is 0.330 e. The summed E-state index contributed by atoms with van der Waals surface area (Å²) in [6.07, 6.45) is 14.7. The number of anilines is 2. The first kappa shape index (κ1) is 31.9. The number of nitrogens with two attached hydrogens (primary N) is 2. The summed E-state index contributed by atoms with van der Waals surface area (Å²) in [5.74, 6) is -0.191. The molecule has 1 atom stereocenters. The monoisotopic (exact) mass is 562 g/mol. The molecule has 4 N–H and O–H groups in total. The zero-order valence-corrected chi connectivity index (χ0v) is 24.4. The number of rotatable bonds is 16. The molecule has 1 aliphatic carbocycles. The van der Waals surface area contributed by atoms with Crippen molar-refractivity contribution in [3.63, 3.8) is 0 Å². The third-order valence-electron chi connectivity index (χ3n) is 7.48. The molecule has 0 saturated heterocycles. The summed E-state index contributed by atoms with van der Waals surface area (Å²) in [6, 6.07) is 12.6. The van der Waals surface area contributed by atoms with E-state index in [1.165, 1.54) is 6.08 Å². The minimum Gasteiger partial charge on any atom is -0.462 e. The minimum absolute atomic E-state index is 0.0297. The molecule has 0 aliphatic heterocycles. The van der Waals surface area contributed by atoms with Gasteiger partial charge in [-0.25, -0.2) is 4.79 Å². The molecule has 2 aromatic carbocycles. The van der Waals surface area contributed by atoms with Crippen LogP contribution in [0.1, 0.15) is 88.2 Å². The quantitative estimate of drug-likeness (QED) is 0.0554. The van der Waals surface area contributed by atoms with Crippen LogP contribution in [0.25, 0.3) is 6.08 Å². The number of nitrogen functional groups attached to an aromatic ring is 2. The number of unbranched alkanes of at least 4 members (excludes halogenated alkanes) is 3. The standard InChI is InChI=1S/C34H46N2O5/c1-3-5-7-8-20-39-31-17-13-26(14-18-31)34(38)41-32-15-10-25(11-16-32)12-19-33(37)40-24-27(9-6-4-2)28-21-29(35)23-30(36)22-28/h3,10-12,15-16,19,21-23,26-27,31H,1,4-9,13-14,17-18,20,24,35-36H2,2H3/b19-12+. The van der Waals surface area contributed by atoms with Gasteiger partial charge in [-0.2, -0.15) is 0 Å². The van der Waals surface area contributed by atoms with Crippen LogP contribution in [0.2, 0.25) is 0 Å². The molecule has 3 rings (SSSR count). The SMILES string of the molecule is C=CCCCCOC1CCC(C(=O)Oc2ccc(/C=C/C(=O)OCC(CCCC)c3cc(N)cc(N)c3)cc2)CC1. The fourth-order valence-corrected chi connectivity index (χ4v) is 5.08. The Balaban J connectivity index is 1.42. The first-order chi connectivity index (χ1) is 19.9. The van der Waals surface area contributed by atoms with Crippen molar-refractivity contribution >= 4 is 29.4 Å². The molecule has 0 radical (unpaired) electrons. The van der Waals surface area contributed by atoms with E-state index < -0.39 is 5.97 Å². The second-order valence-electron chi connectivity index (χ2n) is 10.9. The summed E-state index contributed by atoms with van der Waals surface area (Å²) in [4.78, 5) is 25.1. The Hall–Kier alpha value is -3.58. The normalized spacial score (nSPS) is 17.7. The lowest BCUT2D eigenvalue weighted by Gasteiger charge is -2.27. The Bertz CT molecular complexity index is 1120. The number of carbonyl (C=O) groups is 2. The fourth-order valence-electron chi connectivity index (χ4n) is 5.08. The lowest BCUT2D eigenvalue weighted by Crippen LogP contribution is -2.29. The van der Waals surface area contributed by atoms with Gasteiger partial charge < -0.3 is 25.7 Å². The fraction of sp³-hybridized carbons (Fsp3) is 0.471. The summed E-state index contributed by atoms with van der Waals surface area (Å²) in [7, 11) is 0. The van der Waals surface area contributed by atoms with Gasteiger partial charge in [-0.15, -0.1) is 6.58 Å². The summed E-state index contributed by atoms with van der Waals surface area (Å²) < 4.78 is 17.1. The van der Waals surface area contributed by atoms with Crippen molar-refractivity contribution in [1.29, 1.82) is 0 Å². The zero-order chi connectivity index (χ0) is 29.5.